The quantitative estimate of drug-likeness (QED) is 0.390. The molecule has 1 saturated heterocycles. The van der Waals surface area contributed by atoms with Crippen LogP contribution < -0.4 is 0 Å². The highest BCUT2D eigenvalue weighted by atomic mass is 16.5. The monoisotopic (exact) mass is 196 g/mol. The maximum Gasteiger partial charge on any atom is 0.462 e. The number of rotatable bonds is 2. The Balaban J connectivity index is 2.76. The van der Waals surface area contributed by atoms with E-state index in [-0.39, 0.29) is 5.82 Å². The summed E-state index contributed by atoms with van der Waals surface area (Å²) in [6.07, 6.45) is 3.89. The third kappa shape index (κ3) is 2.24. The van der Waals surface area contributed by atoms with Gasteiger partial charge in [0, 0.05) is 11.9 Å². The van der Waals surface area contributed by atoms with Crippen molar-refractivity contribution in [1.29, 1.82) is 0 Å². The van der Waals surface area contributed by atoms with Crippen LogP contribution in [0.15, 0.2) is 23.8 Å². The zero-order valence-electron chi connectivity index (χ0n) is 8.18. The van der Waals surface area contributed by atoms with E-state index in [0.29, 0.717) is 0 Å². The first-order valence-electron chi connectivity index (χ1n) is 4.47. The molecule has 1 aliphatic heterocycles. The molecule has 1 fully saturated rings. The fourth-order valence-electron chi connectivity index (χ4n) is 1.52. The molecule has 0 spiro atoms. The molecule has 2 N–H and O–H groups in total. The van der Waals surface area contributed by atoms with Crippen molar-refractivity contribution in [3.8, 4) is 0 Å². The molecule has 0 saturated carbocycles. The zero-order chi connectivity index (χ0) is 10.7. The summed E-state index contributed by atoms with van der Waals surface area (Å²) >= 11 is 0. The van der Waals surface area contributed by atoms with Crippen LogP contribution in [0.2, 0.25) is 5.82 Å². The second-order valence-corrected chi connectivity index (χ2v) is 3.22. The average molecular weight is 196 g/mol. The SMILES string of the molecule is CC=C1C(C=CC(=O)O)OB(O)C1C. The van der Waals surface area contributed by atoms with Crippen LogP contribution in [0.25, 0.3) is 0 Å². The van der Waals surface area contributed by atoms with Gasteiger partial charge in [-0.05, 0) is 18.6 Å². The van der Waals surface area contributed by atoms with Gasteiger partial charge in [0.1, 0.15) is 0 Å². The first kappa shape index (κ1) is 11.0. The Morgan fingerprint density at radius 3 is 2.79 bits per heavy atom. The van der Waals surface area contributed by atoms with E-state index in [0.717, 1.165) is 11.6 Å². The van der Waals surface area contributed by atoms with Gasteiger partial charge in [-0.25, -0.2) is 4.79 Å². The third-order valence-electron chi connectivity index (χ3n) is 2.32. The Labute approximate surface area is 83.0 Å². The first-order valence-corrected chi connectivity index (χ1v) is 4.47. The van der Waals surface area contributed by atoms with E-state index >= 15 is 0 Å². The standard InChI is InChI=1S/C9H13BO4/c1-3-7-6(2)10(13)14-8(7)4-5-9(11)12/h3-6,8,13H,1-2H3,(H,11,12). The van der Waals surface area contributed by atoms with Crippen molar-refractivity contribution in [2.75, 3.05) is 0 Å². The molecule has 0 amide bonds. The molecule has 2 unspecified atom stereocenters. The van der Waals surface area contributed by atoms with Gasteiger partial charge in [-0.2, -0.15) is 0 Å². The highest BCUT2D eigenvalue weighted by molar-refractivity contribution is 6.47. The summed E-state index contributed by atoms with van der Waals surface area (Å²) in [6, 6.07) is 0. The van der Waals surface area contributed by atoms with Crippen LogP contribution in [0.1, 0.15) is 13.8 Å². The van der Waals surface area contributed by atoms with Gasteiger partial charge < -0.3 is 14.8 Å². The van der Waals surface area contributed by atoms with Crippen LogP contribution in [-0.4, -0.2) is 29.3 Å². The van der Waals surface area contributed by atoms with E-state index in [1.807, 2.05) is 19.9 Å². The molecule has 0 bridgehead atoms. The molecule has 0 aromatic rings. The molecule has 5 heteroatoms. The van der Waals surface area contributed by atoms with Gasteiger partial charge in [-0.15, -0.1) is 0 Å². The van der Waals surface area contributed by atoms with E-state index in [1.165, 1.54) is 6.08 Å². The molecule has 0 aliphatic carbocycles. The summed E-state index contributed by atoms with van der Waals surface area (Å²) < 4.78 is 5.16. The maximum atomic E-state index is 10.3. The van der Waals surface area contributed by atoms with E-state index in [1.54, 1.807) is 0 Å². The van der Waals surface area contributed by atoms with E-state index in [9.17, 15) is 9.82 Å². The number of allylic oxidation sites excluding steroid dienone is 1. The van der Waals surface area contributed by atoms with Crippen molar-refractivity contribution in [1.82, 2.24) is 0 Å². The second kappa shape index (κ2) is 4.44. The van der Waals surface area contributed by atoms with Gasteiger partial charge in [0.15, 0.2) is 0 Å². The molecule has 1 aliphatic rings. The van der Waals surface area contributed by atoms with E-state index < -0.39 is 19.2 Å². The van der Waals surface area contributed by atoms with Crippen LogP contribution in [-0.2, 0) is 9.45 Å². The van der Waals surface area contributed by atoms with Gasteiger partial charge in [0.05, 0.1) is 6.10 Å². The van der Waals surface area contributed by atoms with Crippen molar-refractivity contribution >= 4 is 13.1 Å². The second-order valence-electron chi connectivity index (χ2n) is 3.22. The first-order chi connectivity index (χ1) is 6.56. The number of aliphatic carboxylic acids is 1. The van der Waals surface area contributed by atoms with Gasteiger partial charge in [0.25, 0.3) is 0 Å². The highest BCUT2D eigenvalue weighted by Gasteiger charge is 2.38. The molecule has 0 radical (unpaired) electrons. The van der Waals surface area contributed by atoms with Gasteiger partial charge in [0.2, 0.25) is 0 Å². The Morgan fingerprint density at radius 1 is 1.64 bits per heavy atom. The lowest BCUT2D eigenvalue weighted by molar-refractivity contribution is -0.131. The van der Waals surface area contributed by atoms with Crippen molar-refractivity contribution in [2.24, 2.45) is 0 Å². The van der Waals surface area contributed by atoms with Crippen molar-refractivity contribution in [3.05, 3.63) is 23.8 Å². The minimum Gasteiger partial charge on any atom is -0.478 e. The van der Waals surface area contributed by atoms with Gasteiger partial charge in [-0.1, -0.05) is 13.0 Å². The van der Waals surface area contributed by atoms with E-state index in [4.69, 9.17) is 9.76 Å². The highest BCUT2D eigenvalue weighted by Crippen LogP contribution is 2.33. The Hall–Kier alpha value is -1.07. The lowest BCUT2D eigenvalue weighted by atomic mass is 9.72. The zero-order valence-corrected chi connectivity index (χ0v) is 8.18. The topological polar surface area (TPSA) is 66.8 Å². The molecule has 0 aromatic heterocycles. The van der Waals surface area contributed by atoms with Gasteiger partial charge >= 0.3 is 13.1 Å². The molecular weight excluding hydrogens is 183 g/mol. The van der Waals surface area contributed by atoms with Crippen LogP contribution >= 0.6 is 0 Å². The lowest BCUT2D eigenvalue weighted by Crippen LogP contribution is -2.15. The predicted molar refractivity (Wildman–Crippen MR) is 52.8 cm³/mol. The summed E-state index contributed by atoms with van der Waals surface area (Å²) in [5.41, 5.74) is 0.912. The van der Waals surface area contributed by atoms with E-state index in [2.05, 4.69) is 0 Å². The number of hydrogen-bond donors (Lipinski definition) is 2. The van der Waals surface area contributed by atoms with Crippen LogP contribution in [0.5, 0.6) is 0 Å². The summed E-state index contributed by atoms with van der Waals surface area (Å²) in [6.45, 7) is 3.68. The smallest absolute Gasteiger partial charge is 0.462 e. The molecule has 1 heterocycles. The number of carboxylic acid groups (broad SMARTS) is 1. The molecule has 2 atom stereocenters. The summed E-state index contributed by atoms with van der Waals surface area (Å²) in [5.74, 6) is -1.10. The fraction of sp³-hybridized carbons (Fsp3) is 0.444. The number of carboxylic acids is 1. The van der Waals surface area contributed by atoms with Crippen LogP contribution in [0.4, 0.5) is 0 Å². The Bertz CT molecular complexity index is 285. The summed E-state index contributed by atoms with van der Waals surface area (Å²) in [7, 11) is -0.843. The normalized spacial score (nSPS) is 30.5. The summed E-state index contributed by atoms with van der Waals surface area (Å²) in [5, 5.41) is 17.8. The Kier molecular flexibility index (Phi) is 3.49. The minimum absolute atomic E-state index is 0.0801. The number of hydrogen-bond acceptors (Lipinski definition) is 3. The molecule has 4 nitrogen and oxygen atoms in total. The summed E-state index contributed by atoms with van der Waals surface area (Å²) in [4.78, 5) is 10.3. The Morgan fingerprint density at radius 2 is 2.29 bits per heavy atom. The predicted octanol–water partition coefficient (Wildman–Crippen LogP) is 0.843. The molecule has 76 valence electrons. The molecular formula is C9H13BO4. The van der Waals surface area contributed by atoms with Gasteiger partial charge in [-0.3, -0.25) is 0 Å². The fourth-order valence-corrected chi connectivity index (χ4v) is 1.52. The van der Waals surface area contributed by atoms with Crippen molar-refractivity contribution in [2.45, 2.75) is 25.8 Å². The average Bonchev–Trinajstić information content (AvgIpc) is 2.39. The molecule has 0 aromatic carbocycles. The van der Waals surface area contributed by atoms with Crippen LogP contribution in [0.3, 0.4) is 0 Å². The number of carbonyl (C=O) groups is 1. The lowest BCUT2D eigenvalue weighted by Gasteiger charge is -2.06. The molecule has 1 rings (SSSR count). The minimum atomic E-state index is -1.02. The van der Waals surface area contributed by atoms with Crippen molar-refractivity contribution in [3.63, 3.8) is 0 Å². The maximum absolute atomic E-state index is 10.3. The van der Waals surface area contributed by atoms with Crippen molar-refractivity contribution < 1.29 is 19.6 Å². The third-order valence-corrected chi connectivity index (χ3v) is 2.32. The van der Waals surface area contributed by atoms with Crippen LogP contribution in [0, 0.1) is 0 Å². The largest absolute Gasteiger partial charge is 0.478 e. The molecule has 14 heavy (non-hydrogen) atoms.